The van der Waals surface area contributed by atoms with Gasteiger partial charge < -0.3 is 10.4 Å². The molecule has 2 fully saturated rings. The van der Waals surface area contributed by atoms with E-state index in [1.807, 2.05) is 30.3 Å². The molecule has 1 aromatic rings. The van der Waals surface area contributed by atoms with Gasteiger partial charge in [0, 0.05) is 64.4 Å². The lowest BCUT2D eigenvalue weighted by atomic mass is 9.63. The summed E-state index contributed by atoms with van der Waals surface area (Å²) in [6.45, 7) is 7.69. The number of aliphatic hydroxyl groups excluding tert-OH is 1. The van der Waals surface area contributed by atoms with Gasteiger partial charge in [0.2, 0.25) is 0 Å². The molecule has 3 rings (SSSR count). The number of hydrogen-bond donors (Lipinski definition) is 2. The molecular formula is C23H30N4O3. The second-order valence-electron chi connectivity index (χ2n) is 8.15. The molecule has 7 heteroatoms. The van der Waals surface area contributed by atoms with Crippen LogP contribution in [0.2, 0.25) is 0 Å². The minimum Gasteiger partial charge on any atom is -0.395 e. The lowest BCUT2D eigenvalue weighted by molar-refractivity contribution is -0.130. The fourth-order valence-electron chi connectivity index (χ4n) is 4.25. The number of carbonyl (C=O) groups is 2. The smallest absolute Gasteiger partial charge is 0.188 e. The molecule has 30 heavy (non-hydrogen) atoms. The van der Waals surface area contributed by atoms with E-state index >= 15 is 0 Å². The van der Waals surface area contributed by atoms with Crippen LogP contribution in [0.25, 0.3) is 0 Å². The minimum atomic E-state index is -1.26. The van der Waals surface area contributed by atoms with E-state index in [1.165, 1.54) is 6.20 Å². The maximum atomic E-state index is 13.1. The van der Waals surface area contributed by atoms with Gasteiger partial charge in [0.15, 0.2) is 11.6 Å². The van der Waals surface area contributed by atoms with Crippen molar-refractivity contribution < 1.29 is 14.7 Å². The number of nitriles is 1. The van der Waals surface area contributed by atoms with Gasteiger partial charge in [-0.3, -0.25) is 19.4 Å². The van der Waals surface area contributed by atoms with E-state index in [0.717, 1.165) is 38.3 Å². The summed E-state index contributed by atoms with van der Waals surface area (Å²) in [7, 11) is 0. The molecule has 2 unspecified atom stereocenters. The molecule has 0 aromatic heterocycles. The standard InChI is InChI=1S/C23H30N4O3/c1-23(17-24)20(18-5-3-2-4-6-18)15-21(29)19(22(23)30)16-25-7-8-26-9-11-27(12-10-26)13-14-28/h2-6,16,20,25,28H,7-15H2,1H3/b19-16-. The quantitative estimate of drug-likeness (QED) is 0.392. The number of piperazine rings is 1. The Morgan fingerprint density at radius 1 is 1.17 bits per heavy atom. The molecule has 1 saturated heterocycles. The predicted octanol–water partition coefficient (Wildman–Crippen LogP) is 0.925. The highest BCUT2D eigenvalue weighted by Gasteiger charge is 2.50. The molecule has 160 valence electrons. The van der Waals surface area contributed by atoms with Gasteiger partial charge in [0.05, 0.1) is 18.2 Å². The molecule has 1 aromatic carbocycles. The zero-order valence-corrected chi connectivity index (χ0v) is 17.5. The summed E-state index contributed by atoms with van der Waals surface area (Å²) in [4.78, 5) is 30.3. The SMILES string of the molecule is CC1(C#N)C(=O)/C(=C\NCCN2CCN(CCO)CC2)C(=O)CC1c1ccccc1. The molecule has 1 aliphatic carbocycles. The van der Waals surface area contributed by atoms with E-state index in [4.69, 9.17) is 5.11 Å². The highest BCUT2D eigenvalue weighted by molar-refractivity contribution is 6.25. The number of benzene rings is 1. The Hall–Kier alpha value is -2.53. The number of nitrogens with one attached hydrogen (secondary N) is 1. The Kier molecular flexibility index (Phi) is 7.38. The van der Waals surface area contributed by atoms with Crippen molar-refractivity contribution in [2.75, 3.05) is 52.4 Å². The zero-order chi connectivity index (χ0) is 21.6. The number of carbonyl (C=O) groups excluding carboxylic acids is 2. The highest BCUT2D eigenvalue weighted by atomic mass is 16.3. The number of Topliss-reactive ketones (excluding diaryl/α,β-unsaturated/α-hetero) is 2. The molecule has 0 amide bonds. The number of ketones is 2. The van der Waals surface area contributed by atoms with Crippen LogP contribution in [0.5, 0.6) is 0 Å². The lowest BCUT2D eigenvalue weighted by Gasteiger charge is -2.35. The van der Waals surface area contributed by atoms with E-state index in [-0.39, 0.29) is 24.4 Å². The number of rotatable bonds is 7. The average Bonchev–Trinajstić information content (AvgIpc) is 2.77. The van der Waals surface area contributed by atoms with Crippen molar-refractivity contribution in [1.29, 1.82) is 5.26 Å². The fourth-order valence-corrected chi connectivity index (χ4v) is 4.25. The Morgan fingerprint density at radius 2 is 1.80 bits per heavy atom. The van der Waals surface area contributed by atoms with E-state index in [2.05, 4.69) is 21.2 Å². The first-order valence-electron chi connectivity index (χ1n) is 10.5. The number of nitrogens with zero attached hydrogens (tertiary/aromatic N) is 3. The van der Waals surface area contributed by atoms with Crippen LogP contribution >= 0.6 is 0 Å². The van der Waals surface area contributed by atoms with E-state index in [9.17, 15) is 14.9 Å². The lowest BCUT2D eigenvalue weighted by Crippen LogP contribution is -2.48. The molecule has 1 saturated carbocycles. The van der Waals surface area contributed by atoms with Gasteiger partial charge in [-0.2, -0.15) is 5.26 Å². The second kappa shape index (κ2) is 9.98. The van der Waals surface area contributed by atoms with Crippen molar-refractivity contribution >= 4 is 11.6 Å². The Balaban J connectivity index is 1.59. The molecule has 1 heterocycles. The number of allylic oxidation sites excluding steroid dienone is 1. The molecule has 2 aliphatic rings. The molecular weight excluding hydrogens is 380 g/mol. The van der Waals surface area contributed by atoms with Crippen molar-refractivity contribution in [1.82, 2.24) is 15.1 Å². The summed E-state index contributed by atoms with van der Waals surface area (Å²) in [6.07, 6.45) is 1.66. The van der Waals surface area contributed by atoms with Crippen molar-refractivity contribution in [3.63, 3.8) is 0 Å². The van der Waals surface area contributed by atoms with Crippen LogP contribution in [0.15, 0.2) is 42.1 Å². The van der Waals surface area contributed by atoms with Crippen LogP contribution in [-0.2, 0) is 9.59 Å². The van der Waals surface area contributed by atoms with Crippen molar-refractivity contribution in [2.24, 2.45) is 5.41 Å². The maximum absolute atomic E-state index is 13.1. The van der Waals surface area contributed by atoms with Crippen LogP contribution in [-0.4, -0.2) is 78.9 Å². The normalized spacial score (nSPS) is 27.2. The molecule has 0 spiro atoms. The predicted molar refractivity (Wildman–Crippen MR) is 114 cm³/mol. The highest BCUT2D eigenvalue weighted by Crippen LogP contribution is 2.44. The summed E-state index contributed by atoms with van der Waals surface area (Å²) >= 11 is 0. The average molecular weight is 411 g/mol. The van der Waals surface area contributed by atoms with Crippen LogP contribution in [0, 0.1) is 16.7 Å². The summed E-state index contributed by atoms with van der Waals surface area (Å²) in [5, 5.41) is 21.9. The first-order valence-corrected chi connectivity index (χ1v) is 10.5. The van der Waals surface area contributed by atoms with Gasteiger partial charge in [-0.1, -0.05) is 30.3 Å². The van der Waals surface area contributed by atoms with Gasteiger partial charge in [-0.25, -0.2) is 0 Å². The Labute approximate surface area is 178 Å². The molecule has 1 aliphatic heterocycles. The van der Waals surface area contributed by atoms with Crippen molar-refractivity contribution in [3.8, 4) is 6.07 Å². The topological polar surface area (TPSA) is 96.7 Å². The monoisotopic (exact) mass is 410 g/mol. The minimum absolute atomic E-state index is 0.0963. The summed E-state index contributed by atoms with van der Waals surface area (Å²) in [5.41, 5.74) is -0.319. The number of aliphatic hydroxyl groups is 1. The first-order chi connectivity index (χ1) is 14.5. The van der Waals surface area contributed by atoms with Gasteiger partial charge in [0.25, 0.3) is 0 Å². The van der Waals surface area contributed by atoms with E-state index in [0.29, 0.717) is 13.1 Å². The number of hydrogen-bond acceptors (Lipinski definition) is 7. The van der Waals surface area contributed by atoms with Gasteiger partial charge >= 0.3 is 0 Å². The zero-order valence-electron chi connectivity index (χ0n) is 17.5. The van der Waals surface area contributed by atoms with Gasteiger partial charge in [-0.05, 0) is 12.5 Å². The number of β-amino-alcohol motifs (C(OH)–C–C–N with tert-alkyl or cyclic N) is 1. The van der Waals surface area contributed by atoms with Crippen LogP contribution in [0.3, 0.4) is 0 Å². The van der Waals surface area contributed by atoms with Crippen LogP contribution in [0.4, 0.5) is 0 Å². The molecule has 2 atom stereocenters. The van der Waals surface area contributed by atoms with Crippen molar-refractivity contribution in [2.45, 2.75) is 19.3 Å². The van der Waals surface area contributed by atoms with Crippen LogP contribution < -0.4 is 5.32 Å². The Bertz CT molecular complexity index is 825. The second-order valence-corrected chi connectivity index (χ2v) is 8.15. The largest absolute Gasteiger partial charge is 0.395 e. The van der Waals surface area contributed by atoms with Gasteiger partial charge in [0.1, 0.15) is 5.41 Å². The fraction of sp³-hybridized carbons (Fsp3) is 0.522. The van der Waals surface area contributed by atoms with E-state index < -0.39 is 17.1 Å². The third-order valence-corrected chi connectivity index (χ3v) is 6.24. The first kappa shape index (κ1) is 22.2. The molecule has 0 radical (unpaired) electrons. The van der Waals surface area contributed by atoms with Gasteiger partial charge in [-0.15, -0.1) is 0 Å². The summed E-state index contributed by atoms with van der Waals surface area (Å²) in [6, 6.07) is 11.5. The van der Waals surface area contributed by atoms with Crippen molar-refractivity contribution in [3.05, 3.63) is 47.7 Å². The Morgan fingerprint density at radius 3 is 2.40 bits per heavy atom. The molecule has 7 nitrogen and oxygen atoms in total. The maximum Gasteiger partial charge on any atom is 0.188 e. The molecule has 0 bridgehead atoms. The molecule has 2 N–H and O–H groups in total. The third kappa shape index (κ3) is 4.78. The summed E-state index contributed by atoms with van der Waals surface area (Å²) in [5.74, 6) is -1.05. The van der Waals surface area contributed by atoms with E-state index in [1.54, 1.807) is 6.92 Å². The third-order valence-electron chi connectivity index (χ3n) is 6.24. The van der Waals surface area contributed by atoms with Crippen LogP contribution in [0.1, 0.15) is 24.8 Å². The summed E-state index contributed by atoms with van der Waals surface area (Å²) < 4.78 is 0.